The summed E-state index contributed by atoms with van der Waals surface area (Å²) in [7, 11) is 0. The summed E-state index contributed by atoms with van der Waals surface area (Å²) in [5.41, 5.74) is 1.73. The Morgan fingerprint density at radius 2 is 2.22 bits per heavy atom. The van der Waals surface area contributed by atoms with Gasteiger partial charge in [-0.2, -0.15) is 0 Å². The molecule has 5 atom stereocenters. The molecule has 0 amide bonds. The van der Waals surface area contributed by atoms with Crippen LogP contribution in [0.15, 0.2) is 23.8 Å². The molecule has 3 nitrogen and oxygen atoms in total. The molecule has 1 heterocycles. The molecule has 0 radical (unpaired) electrons. The largest absolute Gasteiger partial charge is 0.392 e. The minimum atomic E-state index is -0.367. The maximum absolute atomic E-state index is 10.4. The lowest BCUT2D eigenvalue weighted by molar-refractivity contribution is -0.123. The van der Waals surface area contributed by atoms with Gasteiger partial charge in [-0.1, -0.05) is 26.5 Å². The molecule has 0 aromatic heterocycles. The lowest BCUT2D eigenvalue weighted by Gasteiger charge is -2.55. The molecule has 100 valence electrons. The van der Waals surface area contributed by atoms with Crippen molar-refractivity contribution in [3.8, 4) is 0 Å². The fraction of sp³-hybridized carbons (Fsp3) is 0.733. The van der Waals surface area contributed by atoms with E-state index in [9.17, 15) is 10.2 Å². The molecule has 0 aromatic carbocycles. The second kappa shape index (κ2) is 3.69. The highest BCUT2D eigenvalue weighted by atomic mass is 16.5. The van der Waals surface area contributed by atoms with Crippen LogP contribution in [0.2, 0.25) is 0 Å². The summed E-state index contributed by atoms with van der Waals surface area (Å²) in [4.78, 5) is 0. The van der Waals surface area contributed by atoms with Crippen LogP contribution >= 0.6 is 0 Å². The first kappa shape index (κ1) is 12.4. The van der Waals surface area contributed by atoms with E-state index in [1.165, 1.54) is 0 Å². The monoisotopic (exact) mass is 250 g/mol. The van der Waals surface area contributed by atoms with Crippen molar-refractivity contribution >= 4 is 0 Å². The van der Waals surface area contributed by atoms with Crippen molar-refractivity contribution in [2.45, 2.75) is 51.4 Å². The van der Waals surface area contributed by atoms with Crippen LogP contribution in [0.4, 0.5) is 0 Å². The van der Waals surface area contributed by atoms with Gasteiger partial charge in [-0.15, -0.1) is 0 Å². The first-order valence-corrected chi connectivity index (χ1v) is 6.76. The van der Waals surface area contributed by atoms with Crippen molar-refractivity contribution in [1.29, 1.82) is 0 Å². The molecule has 2 aliphatic carbocycles. The number of aliphatic hydroxyl groups excluding tert-OH is 2. The molecule has 2 bridgehead atoms. The summed E-state index contributed by atoms with van der Waals surface area (Å²) in [6, 6.07) is 0. The van der Waals surface area contributed by atoms with Crippen molar-refractivity contribution in [1.82, 2.24) is 0 Å². The Hall–Kier alpha value is -0.640. The molecular weight excluding hydrogens is 228 g/mol. The van der Waals surface area contributed by atoms with Crippen LogP contribution in [0.3, 0.4) is 0 Å². The third kappa shape index (κ3) is 1.25. The Bertz CT molecular complexity index is 427. The summed E-state index contributed by atoms with van der Waals surface area (Å²) in [5, 5.41) is 19.7. The van der Waals surface area contributed by atoms with Crippen LogP contribution in [0.25, 0.3) is 0 Å². The van der Waals surface area contributed by atoms with Gasteiger partial charge in [0.05, 0.1) is 24.9 Å². The minimum Gasteiger partial charge on any atom is -0.392 e. The van der Waals surface area contributed by atoms with Crippen molar-refractivity contribution < 1.29 is 14.9 Å². The van der Waals surface area contributed by atoms with Crippen molar-refractivity contribution in [2.75, 3.05) is 6.61 Å². The zero-order valence-corrected chi connectivity index (χ0v) is 11.1. The molecule has 0 unspecified atom stereocenters. The molecule has 3 rings (SSSR count). The summed E-state index contributed by atoms with van der Waals surface area (Å²) in [6.45, 7) is 8.62. The van der Waals surface area contributed by atoms with Crippen molar-refractivity contribution in [2.24, 2.45) is 10.8 Å². The highest BCUT2D eigenvalue weighted by Gasteiger charge is 2.64. The normalized spacial score (nSPS) is 51.0. The Morgan fingerprint density at radius 1 is 1.50 bits per heavy atom. The van der Waals surface area contributed by atoms with Gasteiger partial charge in [0.25, 0.3) is 0 Å². The molecule has 1 saturated carbocycles. The minimum absolute atomic E-state index is 0.00829. The lowest BCUT2D eigenvalue weighted by Crippen LogP contribution is -2.55. The van der Waals surface area contributed by atoms with Crippen LogP contribution in [0.1, 0.15) is 33.1 Å². The number of rotatable bonds is 1. The Labute approximate surface area is 108 Å². The molecular formula is C15H22O3. The Morgan fingerprint density at radius 3 is 2.89 bits per heavy atom. The summed E-state index contributed by atoms with van der Waals surface area (Å²) in [6.07, 6.45) is 4.14. The van der Waals surface area contributed by atoms with E-state index in [0.717, 1.165) is 24.0 Å². The molecule has 3 heteroatoms. The standard InChI is InChI=1S/C15H22O3/c1-9-11-7-12(17)15(9,3)14(2)5-4-10(8-16)6-13(14)18-11/h6,11-13,16-17H,1,4-5,7-8H2,2-3H3/t11-,12-,13-,14+,15-/m1/s1. The smallest absolute Gasteiger partial charge is 0.0830 e. The predicted molar refractivity (Wildman–Crippen MR) is 69.0 cm³/mol. The molecule has 3 aliphatic rings. The van der Waals surface area contributed by atoms with Crippen LogP contribution in [-0.2, 0) is 4.74 Å². The Kier molecular flexibility index (Phi) is 2.54. The zero-order chi connectivity index (χ0) is 13.1. The number of fused-ring (bicyclic) bond motifs is 4. The molecule has 0 aromatic rings. The zero-order valence-electron chi connectivity index (χ0n) is 11.1. The van der Waals surface area contributed by atoms with E-state index >= 15 is 0 Å². The maximum atomic E-state index is 10.4. The fourth-order valence-electron chi connectivity index (χ4n) is 4.11. The van der Waals surface area contributed by atoms with E-state index in [2.05, 4.69) is 26.5 Å². The van der Waals surface area contributed by atoms with E-state index in [4.69, 9.17) is 4.74 Å². The van der Waals surface area contributed by atoms with E-state index in [0.29, 0.717) is 6.42 Å². The lowest BCUT2D eigenvalue weighted by atomic mass is 9.54. The number of hydrogen-bond acceptors (Lipinski definition) is 3. The third-order valence-electron chi connectivity index (χ3n) is 5.84. The van der Waals surface area contributed by atoms with Crippen LogP contribution < -0.4 is 0 Å². The molecule has 2 N–H and O–H groups in total. The van der Waals surface area contributed by atoms with Crippen molar-refractivity contribution in [3.05, 3.63) is 23.8 Å². The van der Waals surface area contributed by atoms with Crippen LogP contribution in [0.5, 0.6) is 0 Å². The maximum Gasteiger partial charge on any atom is 0.0830 e. The average molecular weight is 250 g/mol. The number of aliphatic hydroxyl groups is 2. The Balaban J connectivity index is 2.07. The molecule has 2 fully saturated rings. The summed E-state index contributed by atoms with van der Waals surface area (Å²) < 4.78 is 6.12. The summed E-state index contributed by atoms with van der Waals surface area (Å²) >= 11 is 0. The highest BCUT2D eigenvalue weighted by molar-refractivity contribution is 5.34. The molecule has 1 saturated heterocycles. The average Bonchev–Trinajstić information content (AvgIpc) is 2.52. The highest BCUT2D eigenvalue weighted by Crippen LogP contribution is 2.63. The second-order valence-corrected chi connectivity index (χ2v) is 6.42. The van der Waals surface area contributed by atoms with Crippen LogP contribution in [0, 0.1) is 10.8 Å². The molecule has 0 spiro atoms. The van der Waals surface area contributed by atoms with Gasteiger partial charge in [0.1, 0.15) is 0 Å². The fourth-order valence-corrected chi connectivity index (χ4v) is 4.11. The number of hydrogen-bond donors (Lipinski definition) is 2. The first-order chi connectivity index (χ1) is 8.43. The van der Waals surface area contributed by atoms with Gasteiger partial charge in [0, 0.05) is 17.3 Å². The first-order valence-electron chi connectivity index (χ1n) is 6.76. The molecule has 1 aliphatic heterocycles. The van der Waals surface area contributed by atoms with Crippen molar-refractivity contribution in [3.63, 3.8) is 0 Å². The van der Waals surface area contributed by atoms with E-state index in [1.54, 1.807) is 0 Å². The van der Waals surface area contributed by atoms with Gasteiger partial charge in [0.15, 0.2) is 0 Å². The summed E-state index contributed by atoms with van der Waals surface area (Å²) in [5.74, 6) is 0. The van der Waals surface area contributed by atoms with E-state index < -0.39 is 0 Å². The van der Waals surface area contributed by atoms with Gasteiger partial charge in [-0.25, -0.2) is 0 Å². The number of ether oxygens (including phenoxy) is 1. The van der Waals surface area contributed by atoms with Crippen LogP contribution in [-0.4, -0.2) is 35.1 Å². The van der Waals surface area contributed by atoms with Gasteiger partial charge in [-0.05, 0) is 24.0 Å². The topological polar surface area (TPSA) is 49.7 Å². The van der Waals surface area contributed by atoms with Gasteiger partial charge in [-0.3, -0.25) is 0 Å². The van der Waals surface area contributed by atoms with Gasteiger partial charge in [0.2, 0.25) is 0 Å². The second-order valence-electron chi connectivity index (χ2n) is 6.42. The SMILES string of the molecule is C=C1[C@H]2C[C@@H](O)[C@]1(C)[C@@]1(C)CCC(CO)=C[C@H]1O2. The van der Waals surface area contributed by atoms with E-state index in [1.807, 2.05) is 0 Å². The van der Waals surface area contributed by atoms with Gasteiger partial charge >= 0.3 is 0 Å². The molecule has 18 heavy (non-hydrogen) atoms. The van der Waals surface area contributed by atoms with Gasteiger partial charge < -0.3 is 14.9 Å². The third-order valence-corrected chi connectivity index (χ3v) is 5.84. The predicted octanol–water partition coefficient (Wildman–Crippen LogP) is 1.80. The van der Waals surface area contributed by atoms with E-state index in [-0.39, 0.29) is 35.7 Å². The quantitative estimate of drug-likeness (QED) is 0.698.